The summed E-state index contributed by atoms with van der Waals surface area (Å²) < 4.78 is 27.2. The second-order valence-corrected chi connectivity index (χ2v) is 9.93. The third kappa shape index (κ3) is 6.42. The number of carbonyl (C=O) groups excluding carboxylic acids is 2. The van der Waals surface area contributed by atoms with Gasteiger partial charge in [-0.2, -0.15) is 0 Å². The molecule has 1 heterocycles. The van der Waals surface area contributed by atoms with Crippen LogP contribution in [-0.4, -0.2) is 52.0 Å². The van der Waals surface area contributed by atoms with E-state index in [9.17, 15) is 14.7 Å². The summed E-state index contributed by atoms with van der Waals surface area (Å²) in [6.07, 6.45) is -0.379. The predicted octanol–water partition coefficient (Wildman–Crippen LogP) is 4.03. The first kappa shape index (κ1) is 24.1. The molecule has 0 saturated carbocycles. The molecule has 1 aromatic rings. The maximum atomic E-state index is 16.4. The fourth-order valence-corrected chi connectivity index (χ4v) is 3.51. The normalized spacial score (nSPS) is 19.3. The first-order valence-electron chi connectivity index (χ1n) is 10.3. The Bertz CT molecular complexity index is 768. The van der Waals surface area contributed by atoms with E-state index in [0.29, 0.717) is 24.1 Å². The quantitative estimate of drug-likeness (QED) is 0.724. The van der Waals surface area contributed by atoms with Gasteiger partial charge in [0.15, 0.2) is 0 Å². The third-order valence-corrected chi connectivity index (χ3v) is 4.86. The molecule has 30 heavy (non-hydrogen) atoms. The molecule has 0 spiro atoms. The zero-order valence-electron chi connectivity index (χ0n) is 18.8. The molecule has 1 N–H and O–H groups in total. The summed E-state index contributed by atoms with van der Waals surface area (Å²) in [6.45, 7) is 10.6. The van der Waals surface area contributed by atoms with Crippen LogP contribution in [0.25, 0.3) is 0 Å². The lowest BCUT2D eigenvalue weighted by atomic mass is 9.82. The summed E-state index contributed by atoms with van der Waals surface area (Å²) in [7, 11) is 0. The fourth-order valence-electron chi connectivity index (χ4n) is 3.51. The van der Waals surface area contributed by atoms with Gasteiger partial charge in [0.25, 0.3) is 0 Å². The van der Waals surface area contributed by atoms with E-state index in [2.05, 4.69) is 0 Å². The van der Waals surface area contributed by atoms with E-state index < -0.39 is 34.9 Å². The molecule has 0 radical (unpaired) electrons. The number of hydrogen-bond acceptors (Lipinski definition) is 5. The minimum absolute atomic E-state index is 0.0738. The average Bonchev–Trinajstić information content (AvgIpc) is 3.09. The van der Waals surface area contributed by atoms with Gasteiger partial charge in [-0.25, -0.2) is 14.0 Å². The van der Waals surface area contributed by atoms with Gasteiger partial charge in [0.05, 0.1) is 6.61 Å². The average molecular weight is 424 g/mol. The summed E-state index contributed by atoms with van der Waals surface area (Å²) in [6, 6.07) is 6.85. The first-order valence-corrected chi connectivity index (χ1v) is 10.3. The number of aliphatic hydroxyl groups is 1. The SMILES string of the molecule is CC(C)(C)OC(=O)N1CC[C@H](C(F)(Cc2cccc(CO)c2)C(=O)OC(C)(C)C)C1. The zero-order valence-corrected chi connectivity index (χ0v) is 18.8. The molecule has 7 heteroatoms. The van der Waals surface area contributed by atoms with Gasteiger partial charge in [0.1, 0.15) is 11.2 Å². The molecular formula is C23H34FNO5. The number of likely N-dealkylation sites (tertiary alicyclic amines) is 1. The topological polar surface area (TPSA) is 76.1 Å². The molecule has 2 atom stereocenters. The predicted molar refractivity (Wildman–Crippen MR) is 112 cm³/mol. The van der Waals surface area contributed by atoms with E-state index in [-0.39, 0.29) is 19.6 Å². The van der Waals surface area contributed by atoms with Crippen molar-refractivity contribution in [3.8, 4) is 0 Å². The Morgan fingerprint density at radius 3 is 2.27 bits per heavy atom. The number of rotatable bonds is 5. The van der Waals surface area contributed by atoms with E-state index in [1.807, 2.05) is 0 Å². The van der Waals surface area contributed by atoms with E-state index >= 15 is 4.39 Å². The van der Waals surface area contributed by atoms with Gasteiger partial charge in [-0.05, 0) is 59.1 Å². The van der Waals surface area contributed by atoms with Gasteiger partial charge < -0.3 is 19.5 Å². The van der Waals surface area contributed by atoms with Crippen LogP contribution in [0.5, 0.6) is 0 Å². The summed E-state index contributed by atoms with van der Waals surface area (Å²) in [4.78, 5) is 26.8. The van der Waals surface area contributed by atoms with Crippen LogP contribution in [0, 0.1) is 5.92 Å². The number of carbonyl (C=O) groups is 2. The van der Waals surface area contributed by atoms with Gasteiger partial charge in [-0.15, -0.1) is 0 Å². The fraction of sp³-hybridized carbons (Fsp3) is 0.652. The van der Waals surface area contributed by atoms with Crippen molar-refractivity contribution in [2.45, 2.75) is 77.9 Å². The molecule has 6 nitrogen and oxygen atoms in total. The molecule has 168 valence electrons. The lowest BCUT2D eigenvalue weighted by Gasteiger charge is -2.33. The van der Waals surface area contributed by atoms with Gasteiger partial charge in [0.2, 0.25) is 5.67 Å². The number of halogens is 1. The molecule has 1 unspecified atom stereocenters. The first-order chi connectivity index (χ1) is 13.7. The number of aliphatic hydroxyl groups excluding tert-OH is 1. The minimum atomic E-state index is -2.31. The monoisotopic (exact) mass is 423 g/mol. The van der Waals surface area contributed by atoms with E-state index in [1.54, 1.807) is 65.8 Å². The second kappa shape index (κ2) is 8.92. The molecule has 1 aromatic carbocycles. The summed E-state index contributed by atoms with van der Waals surface area (Å²) in [5, 5.41) is 9.38. The van der Waals surface area contributed by atoms with Crippen LogP contribution < -0.4 is 0 Å². The Balaban J connectivity index is 2.27. The summed E-state index contributed by atoms with van der Waals surface area (Å²) >= 11 is 0. The molecule has 0 aromatic heterocycles. The van der Waals surface area contributed by atoms with Crippen molar-refractivity contribution in [1.29, 1.82) is 0 Å². The standard InChI is InChI=1S/C23H34FNO5/c1-21(2,3)29-19(27)23(24,13-16-8-7-9-17(12-16)15-26)18-10-11-25(14-18)20(28)30-22(4,5)6/h7-9,12,18,26H,10-11,13-15H2,1-6H3/t18-,23?/m0/s1. The van der Waals surface area contributed by atoms with Crippen LogP contribution in [0.2, 0.25) is 0 Å². The number of nitrogens with zero attached hydrogens (tertiary/aromatic N) is 1. The molecule has 1 fully saturated rings. The van der Waals surface area contributed by atoms with E-state index in [1.165, 1.54) is 4.90 Å². The highest BCUT2D eigenvalue weighted by Crippen LogP contribution is 2.37. The highest BCUT2D eigenvalue weighted by Gasteiger charge is 2.52. The number of esters is 1. The van der Waals surface area contributed by atoms with E-state index in [4.69, 9.17) is 9.47 Å². The number of hydrogen-bond donors (Lipinski definition) is 1. The van der Waals surface area contributed by atoms with Gasteiger partial charge in [-0.3, -0.25) is 0 Å². The van der Waals surface area contributed by atoms with Crippen LogP contribution in [0.3, 0.4) is 0 Å². The van der Waals surface area contributed by atoms with Crippen molar-refractivity contribution < 1.29 is 28.6 Å². The summed E-state index contributed by atoms with van der Waals surface area (Å²) in [5.41, 5.74) is -2.58. The van der Waals surface area contributed by atoms with Crippen LogP contribution in [-0.2, 0) is 27.3 Å². The maximum absolute atomic E-state index is 16.4. The lowest BCUT2D eigenvalue weighted by Crippen LogP contribution is -2.48. The van der Waals surface area contributed by atoms with Gasteiger partial charge in [0, 0.05) is 25.4 Å². The number of amides is 1. The zero-order chi connectivity index (χ0) is 22.7. The highest BCUT2D eigenvalue weighted by atomic mass is 19.1. The van der Waals surface area contributed by atoms with Gasteiger partial charge in [-0.1, -0.05) is 24.3 Å². The Hall–Kier alpha value is -2.15. The Morgan fingerprint density at radius 2 is 1.70 bits per heavy atom. The molecule has 0 aliphatic carbocycles. The third-order valence-electron chi connectivity index (χ3n) is 4.86. The Labute approximate surface area is 178 Å². The molecule has 1 amide bonds. The molecule has 0 bridgehead atoms. The van der Waals surface area contributed by atoms with Crippen molar-refractivity contribution in [2.75, 3.05) is 13.1 Å². The van der Waals surface area contributed by atoms with Crippen molar-refractivity contribution in [3.63, 3.8) is 0 Å². The minimum Gasteiger partial charge on any atom is -0.458 e. The largest absolute Gasteiger partial charge is 0.458 e. The number of benzene rings is 1. The molecule has 1 saturated heterocycles. The van der Waals surface area contributed by atoms with Gasteiger partial charge >= 0.3 is 12.1 Å². The molecule has 1 aliphatic heterocycles. The maximum Gasteiger partial charge on any atom is 0.410 e. The van der Waals surface area contributed by atoms with Crippen molar-refractivity contribution in [2.24, 2.45) is 5.92 Å². The van der Waals surface area contributed by atoms with Crippen LogP contribution >= 0.6 is 0 Å². The second-order valence-electron chi connectivity index (χ2n) is 9.93. The smallest absolute Gasteiger partial charge is 0.410 e. The lowest BCUT2D eigenvalue weighted by molar-refractivity contribution is -0.173. The summed E-state index contributed by atoms with van der Waals surface area (Å²) in [5.74, 6) is -1.65. The van der Waals surface area contributed by atoms with Crippen molar-refractivity contribution in [3.05, 3.63) is 35.4 Å². The van der Waals surface area contributed by atoms with Crippen LogP contribution in [0.15, 0.2) is 24.3 Å². The van der Waals surface area contributed by atoms with Crippen molar-refractivity contribution >= 4 is 12.1 Å². The number of alkyl halides is 1. The molecule has 1 aliphatic rings. The number of ether oxygens (including phenoxy) is 2. The molecular weight excluding hydrogens is 389 g/mol. The van der Waals surface area contributed by atoms with Crippen LogP contribution in [0.4, 0.5) is 9.18 Å². The van der Waals surface area contributed by atoms with E-state index in [0.717, 1.165) is 0 Å². The molecule has 2 rings (SSSR count). The highest BCUT2D eigenvalue weighted by molar-refractivity contribution is 5.81. The Kier molecular flexibility index (Phi) is 7.17. The van der Waals surface area contributed by atoms with Crippen molar-refractivity contribution in [1.82, 2.24) is 4.90 Å². The van der Waals surface area contributed by atoms with Crippen LogP contribution in [0.1, 0.15) is 59.1 Å². The Morgan fingerprint density at radius 1 is 1.10 bits per heavy atom.